The van der Waals surface area contributed by atoms with Crippen molar-refractivity contribution in [3.8, 4) is 6.07 Å². The standard InChI is InChI=1S/C14H18N2OS/c1-2-8-18-9-7-16-11-14(17)13-5-3-12(10-15)4-6-13/h2-6,14,16-17H,1,7-9,11H2. The second-order valence-electron chi connectivity index (χ2n) is 3.82. The van der Waals surface area contributed by atoms with Crippen LogP contribution in [0, 0.1) is 11.3 Å². The summed E-state index contributed by atoms with van der Waals surface area (Å²) in [6.07, 6.45) is 1.36. The van der Waals surface area contributed by atoms with Gasteiger partial charge in [-0.05, 0) is 17.7 Å². The predicted octanol–water partition coefficient (Wildman–Crippen LogP) is 2.10. The van der Waals surface area contributed by atoms with Crippen LogP contribution in [0.4, 0.5) is 0 Å². The lowest BCUT2D eigenvalue weighted by molar-refractivity contribution is 0.176. The fourth-order valence-electron chi connectivity index (χ4n) is 1.45. The number of hydrogen-bond donors (Lipinski definition) is 2. The van der Waals surface area contributed by atoms with Crippen LogP contribution in [-0.4, -0.2) is 29.7 Å². The maximum Gasteiger partial charge on any atom is 0.0991 e. The van der Waals surface area contributed by atoms with Gasteiger partial charge >= 0.3 is 0 Å². The minimum absolute atomic E-state index is 0.526. The molecule has 96 valence electrons. The molecular weight excluding hydrogens is 244 g/mol. The molecule has 0 radical (unpaired) electrons. The number of rotatable bonds is 8. The van der Waals surface area contributed by atoms with E-state index in [0.717, 1.165) is 23.6 Å². The number of benzene rings is 1. The SMILES string of the molecule is C=CCSCCNCC(O)c1ccc(C#N)cc1. The summed E-state index contributed by atoms with van der Waals surface area (Å²) in [5.74, 6) is 1.96. The summed E-state index contributed by atoms with van der Waals surface area (Å²) >= 11 is 1.81. The number of thioether (sulfide) groups is 1. The van der Waals surface area contributed by atoms with Gasteiger partial charge in [-0.25, -0.2) is 0 Å². The van der Waals surface area contributed by atoms with E-state index < -0.39 is 6.10 Å². The molecule has 0 aliphatic rings. The number of nitrogens with one attached hydrogen (secondary N) is 1. The van der Waals surface area contributed by atoms with Crippen molar-refractivity contribution < 1.29 is 5.11 Å². The lowest BCUT2D eigenvalue weighted by atomic mass is 10.1. The van der Waals surface area contributed by atoms with E-state index in [4.69, 9.17) is 5.26 Å². The normalized spacial score (nSPS) is 11.8. The second-order valence-corrected chi connectivity index (χ2v) is 4.97. The highest BCUT2D eigenvalue weighted by molar-refractivity contribution is 7.99. The summed E-state index contributed by atoms with van der Waals surface area (Å²) < 4.78 is 0. The van der Waals surface area contributed by atoms with Crippen LogP contribution in [0.5, 0.6) is 0 Å². The number of aliphatic hydroxyl groups excluding tert-OH is 1. The molecule has 1 aromatic carbocycles. The lowest BCUT2D eigenvalue weighted by Gasteiger charge is -2.12. The molecule has 1 atom stereocenters. The smallest absolute Gasteiger partial charge is 0.0991 e. The third kappa shape index (κ3) is 5.37. The van der Waals surface area contributed by atoms with Gasteiger partial charge in [0.1, 0.15) is 0 Å². The van der Waals surface area contributed by atoms with Gasteiger partial charge < -0.3 is 10.4 Å². The number of aliphatic hydroxyl groups is 1. The van der Waals surface area contributed by atoms with Gasteiger partial charge in [-0.2, -0.15) is 17.0 Å². The summed E-state index contributed by atoms with van der Waals surface area (Å²) in [5.41, 5.74) is 1.44. The maximum atomic E-state index is 9.92. The number of hydrogen-bond acceptors (Lipinski definition) is 4. The molecule has 0 bridgehead atoms. The van der Waals surface area contributed by atoms with Crippen LogP contribution in [0.25, 0.3) is 0 Å². The quantitative estimate of drug-likeness (QED) is 0.556. The molecule has 0 aliphatic heterocycles. The van der Waals surface area contributed by atoms with Crippen molar-refractivity contribution in [3.63, 3.8) is 0 Å². The van der Waals surface area contributed by atoms with Gasteiger partial charge in [-0.15, -0.1) is 6.58 Å². The Morgan fingerprint density at radius 2 is 2.17 bits per heavy atom. The first-order valence-corrected chi connectivity index (χ1v) is 7.01. The molecule has 18 heavy (non-hydrogen) atoms. The van der Waals surface area contributed by atoms with Gasteiger partial charge in [-0.1, -0.05) is 18.2 Å². The van der Waals surface area contributed by atoms with Crippen molar-refractivity contribution in [2.75, 3.05) is 24.6 Å². The Bertz CT molecular complexity index is 397. The van der Waals surface area contributed by atoms with Crippen LogP contribution >= 0.6 is 11.8 Å². The van der Waals surface area contributed by atoms with Crippen molar-refractivity contribution in [1.82, 2.24) is 5.32 Å². The van der Waals surface area contributed by atoms with E-state index >= 15 is 0 Å². The van der Waals surface area contributed by atoms with Crippen LogP contribution in [0.15, 0.2) is 36.9 Å². The Balaban J connectivity index is 2.25. The molecule has 2 N–H and O–H groups in total. The molecule has 0 spiro atoms. The molecule has 0 amide bonds. The van der Waals surface area contributed by atoms with E-state index in [1.165, 1.54) is 0 Å². The number of nitrogens with zero attached hydrogens (tertiary/aromatic N) is 1. The van der Waals surface area contributed by atoms with Crippen LogP contribution in [-0.2, 0) is 0 Å². The predicted molar refractivity (Wildman–Crippen MR) is 76.5 cm³/mol. The first kappa shape index (κ1) is 14.8. The highest BCUT2D eigenvalue weighted by Crippen LogP contribution is 2.12. The maximum absolute atomic E-state index is 9.92. The van der Waals surface area contributed by atoms with Gasteiger partial charge in [0.15, 0.2) is 0 Å². The first-order chi connectivity index (χ1) is 8.77. The molecule has 0 saturated carbocycles. The third-order valence-electron chi connectivity index (χ3n) is 2.42. The Morgan fingerprint density at radius 3 is 2.78 bits per heavy atom. The molecule has 1 rings (SSSR count). The van der Waals surface area contributed by atoms with Crippen LogP contribution in [0.3, 0.4) is 0 Å². The summed E-state index contributed by atoms with van der Waals surface area (Å²) in [4.78, 5) is 0. The topological polar surface area (TPSA) is 56.0 Å². The fourth-order valence-corrected chi connectivity index (χ4v) is 2.07. The molecule has 0 aromatic heterocycles. The fraction of sp³-hybridized carbons (Fsp3) is 0.357. The molecule has 0 heterocycles. The van der Waals surface area contributed by atoms with Crippen LogP contribution in [0.1, 0.15) is 17.2 Å². The van der Waals surface area contributed by atoms with Crippen LogP contribution < -0.4 is 5.32 Å². The monoisotopic (exact) mass is 262 g/mol. The zero-order valence-corrected chi connectivity index (χ0v) is 11.1. The molecule has 3 nitrogen and oxygen atoms in total. The minimum atomic E-state index is -0.526. The van der Waals surface area contributed by atoms with Crippen molar-refractivity contribution in [2.45, 2.75) is 6.10 Å². The molecule has 0 fully saturated rings. The van der Waals surface area contributed by atoms with Gasteiger partial charge in [-0.3, -0.25) is 0 Å². The molecule has 1 unspecified atom stereocenters. The molecular formula is C14H18N2OS. The highest BCUT2D eigenvalue weighted by atomic mass is 32.2. The number of nitriles is 1. The average molecular weight is 262 g/mol. The van der Waals surface area contributed by atoms with E-state index in [2.05, 4.69) is 18.0 Å². The van der Waals surface area contributed by atoms with Crippen molar-refractivity contribution in [2.24, 2.45) is 0 Å². The van der Waals surface area contributed by atoms with E-state index in [1.807, 2.05) is 17.8 Å². The Kier molecular flexibility index (Phi) is 7.19. The van der Waals surface area contributed by atoms with E-state index in [-0.39, 0.29) is 0 Å². The van der Waals surface area contributed by atoms with E-state index in [9.17, 15) is 5.11 Å². The summed E-state index contributed by atoms with van der Waals surface area (Å²) in [7, 11) is 0. The Morgan fingerprint density at radius 1 is 1.44 bits per heavy atom. The summed E-state index contributed by atoms with van der Waals surface area (Å²) in [5, 5.41) is 21.8. The highest BCUT2D eigenvalue weighted by Gasteiger charge is 2.06. The van der Waals surface area contributed by atoms with E-state index in [0.29, 0.717) is 12.1 Å². The van der Waals surface area contributed by atoms with Gasteiger partial charge in [0.2, 0.25) is 0 Å². The summed E-state index contributed by atoms with van der Waals surface area (Å²) in [6.45, 7) is 5.05. The molecule has 0 saturated heterocycles. The molecule has 0 aliphatic carbocycles. The van der Waals surface area contributed by atoms with Gasteiger partial charge in [0.05, 0.1) is 17.7 Å². The lowest BCUT2D eigenvalue weighted by Crippen LogP contribution is -2.23. The zero-order valence-electron chi connectivity index (χ0n) is 10.3. The molecule has 4 heteroatoms. The Labute approximate surface area is 113 Å². The van der Waals surface area contributed by atoms with E-state index in [1.54, 1.807) is 24.3 Å². The largest absolute Gasteiger partial charge is 0.387 e. The molecule has 1 aromatic rings. The first-order valence-electron chi connectivity index (χ1n) is 5.85. The van der Waals surface area contributed by atoms with Gasteiger partial charge in [0, 0.05) is 24.6 Å². The van der Waals surface area contributed by atoms with Crippen molar-refractivity contribution in [3.05, 3.63) is 48.0 Å². The third-order valence-corrected chi connectivity index (χ3v) is 3.39. The van der Waals surface area contributed by atoms with Crippen molar-refractivity contribution >= 4 is 11.8 Å². The minimum Gasteiger partial charge on any atom is -0.387 e. The summed E-state index contributed by atoms with van der Waals surface area (Å²) in [6, 6.07) is 9.08. The average Bonchev–Trinajstić information content (AvgIpc) is 2.42. The zero-order chi connectivity index (χ0) is 13.2. The van der Waals surface area contributed by atoms with Gasteiger partial charge in [0.25, 0.3) is 0 Å². The van der Waals surface area contributed by atoms with Crippen molar-refractivity contribution in [1.29, 1.82) is 5.26 Å². The second kappa shape index (κ2) is 8.76. The van der Waals surface area contributed by atoms with Crippen LogP contribution in [0.2, 0.25) is 0 Å². The Hall–Kier alpha value is -1.28.